The summed E-state index contributed by atoms with van der Waals surface area (Å²) in [6, 6.07) is -0.541. The van der Waals surface area contributed by atoms with Crippen molar-refractivity contribution in [3.63, 3.8) is 0 Å². The summed E-state index contributed by atoms with van der Waals surface area (Å²) in [7, 11) is 0. The molecular formula is C11H11N5O3S. The first-order valence-corrected chi connectivity index (χ1v) is 6.90. The largest absolute Gasteiger partial charge is 0.458 e. The number of cyclic esters (lactones) is 1. The zero-order valence-corrected chi connectivity index (χ0v) is 11.3. The van der Waals surface area contributed by atoms with Gasteiger partial charge in [0.2, 0.25) is 5.91 Å². The monoisotopic (exact) mass is 293 g/mol. The van der Waals surface area contributed by atoms with Crippen LogP contribution in [0.4, 0.5) is 0 Å². The lowest BCUT2D eigenvalue weighted by atomic mass is 10.1. The summed E-state index contributed by atoms with van der Waals surface area (Å²) in [5, 5.41) is 3.27. The summed E-state index contributed by atoms with van der Waals surface area (Å²) < 4.78 is 4.77. The number of ether oxygens (including phenoxy) is 1. The first-order valence-electron chi connectivity index (χ1n) is 5.92. The van der Waals surface area contributed by atoms with Gasteiger partial charge in [-0.25, -0.2) is 19.7 Å². The molecule has 0 bridgehead atoms. The zero-order chi connectivity index (χ0) is 14.1. The fourth-order valence-electron chi connectivity index (χ4n) is 1.82. The first kappa shape index (κ1) is 12.9. The van der Waals surface area contributed by atoms with E-state index in [0.29, 0.717) is 16.2 Å². The molecular weight excluding hydrogens is 282 g/mol. The third-order valence-corrected chi connectivity index (χ3v) is 3.86. The number of hydrogen-bond donors (Lipinski definition) is 2. The van der Waals surface area contributed by atoms with Crippen molar-refractivity contribution < 1.29 is 14.3 Å². The van der Waals surface area contributed by atoms with Crippen LogP contribution in [-0.2, 0) is 14.3 Å². The van der Waals surface area contributed by atoms with Gasteiger partial charge in [0.25, 0.3) is 0 Å². The molecule has 1 fully saturated rings. The fraction of sp³-hybridized carbons (Fsp3) is 0.364. The summed E-state index contributed by atoms with van der Waals surface area (Å²) in [6.07, 6.45) is 2.65. The van der Waals surface area contributed by atoms with Gasteiger partial charge in [-0.1, -0.05) is 11.8 Å². The number of nitrogens with one attached hydrogen (secondary N) is 2. The Hall–Kier alpha value is -2.16. The number of nitrogens with zero attached hydrogens (tertiary/aromatic N) is 3. The van der Waals surface area contributed by atoms with Crippen LogP contribution in [0.3, 0.4) is 0 Å². The Morgan fingerprint density at radius 3 is 3.10 bits per heavy atom. The molecule has 1 aliphatic rings. The van der Waals surface area contributed by atoms with Crippen LogP contribution in [0.15, 0.2) is 17.7 Å². The quantitative estimate of drug-likeness (QED) is 0.459. The van der Waals surface area contributed by atoms with E-state index in [2.05, 4.69) is 25.3 Å². The first-order chi connectivity index (χ1) is 9.65. The molecule has 20 heavy (non-hydrogen) atoms. The van der Waals surface area contributed by atoms with Crippen molar-refractivity contribution in [1.29, 1.82) is 0 Å². The van der Waals surface area contributed by atoms with Crippen LogP contribution >= 0.6 is 11.8 Å². The third-order valence-electron chi connectivity index (χ3n) is 2.87. The molecule has 0 radical (unpaired) electrons. The number of carbonyl (C=O) groups excluding carboxylic acids is 2. The predicted octanol–water partition coefficient (Wildman–Crippen LogP) is -0.125. The highest BCUT2D eigenvalue weighted by atomic mass is 32.2. The van der Waals surface area contributed by atoms with Crippen LogP contribution in [0.2, 0.25) is 0 Å². The molecule has 104 valence electrons. The van der Waals surface area contributed by atoms with Gasteiger partial charge in [-0.05, 0) is 6.92 Å². The molecule has 2 aromatic rings. The second-order valence-corrected chi connectivity index (χ2v) is 5.22. The van der Waals surface area contributed by atoms with Crippen molar-refractivity contribution in [2.75, 3.05) is 5.75 Å². The highest BCUT2D eigenvalue weighted by Gasteiger charge is 2.40. The summed E-state index contributed by atoms with van der Waals surface area (Å²) in [4.78, 5) is 37.9. The highest BCUT2D eigenvalue weighted by Crippen LogP contribution is 2.21. The standard InChI is InChI=1S/C11H11N5O3S/c1-5-7(11(18)19-5)16-6(17)2-20-10-8-9(13-3-12-8)14-4-15-10/h3-5,7H,2H2,1H3,(H,16,17)(H,12,13,14,15)/t5-,7+/m1/s1. The van der Waals surface area contributed by atoms with E-state index < -0.39 is 12.0 Å². The second-order valence-electron chi connectivity index (χ2n) is 4.26. The Kier molecular flexibility index (Phi) is 3.26. The summed E-state index contributed by atoms with van der Waals surface area (Å²) >= 11 is 1.26. The van der Waals surface area contributed by atoms with Crippen LogP contribution in [-0.4, -0.2) is 49.7 Å². The molecule has 0 aliphatic carbocycles. The molecule has 2 aromatic heterocycles. The minimum Gasteiger partial charge on any atom is -0.458 e. The van der Waals surface area contributed by atoms with Gasteiger partial charge in [-0.15, -0.1) is 0 Å². The number of carbonyl (C=O) groups is 2. The molecule has 0 saturated carbocycles. The average molecular weight is 293 g/mol. The Morgan fingerprint density at radius 2 is 2.35 bits per heavy atom. The van der Waals surface area contributed by atoms with Crippen molar-refractivity contribution in [3.8, 4) is 0 Å². The van der Waals surface area contributed by atoms with E-state index >= 15 is 0 Å². The van der Waals surface area contributed by atoms with Gasteiger partial charge in [-0.2, -0.15) is 0 Å². The molecule has 1 aliphatic heterocycles. The van der Waals surface area contributed by atoms with E-state index in [-0.39, 0.29) is 17.8 Å². The van der Waals surface area contributed by atoms with Crippen LogP contribution < -0.4 is 5.32 Å². The van der Waals surface area contributed by atoms with Crippen LogP contribution in [0.1, 0.15) is 6.92 Å². The molecule has 1 amide bonds. The predicted molar refractivity (Wildman–Crippen MR) is 69.9 cm³/mol. The fourth-order valence-corrected chi connectivity index (χ4v) is 2.59. The molecule has 1 saturated heterocycles. The van der Waals surface area contributed by atoms with Gasteiger partial charge in [0.1, 0.15) is 23.0 Å². The molecule has 0 spiro atoms. The number of amides is 1. The summed E-state index contributed by atoms with van der Waals surface area (Å²) in [5.74, 6) is -0.481. The minimum absolute atomic E-state index is 0.154. The van der Waals surface area contributed by atoms with Crippen molar-refractivity contribution in [2.24, 2.45) is 0 Å². The lowest BCUT2D eigenvalue weighted by molar-refractivity contribution is -0.175. The number of rotatable bonds is 4. The number of thioether (sulfide) groups is 1. The second kappa shape index (κ2) is 5.08. The van der Waals surface area contributed by atoms with Crippen molar-refractivity contribution in [3.05, 3.63) is 12.7 Å². The van der Waals surface area contributed by atoms with E-state index in [4.69, 9.17) is 4.74 Å². The van der Waals surface area contributed by atoms with Crippen LogP contribution in [0.5, 0.6) is 0 Å². The molecule has 3 heterocycles. The van der Waals surface area contributed by atoms with Crippen LogP contribution in [0.25, 0.3) is 11.2 Å². The Morgan fingerprint density at radius 1 is 1.50 bits per heavy atom. The van der Waals surface area contributed by atoms with E-state index in [1.54, 1.807) is 6.92 Å². The molecule has 9 heteroatoms. The van der Waals surface area contributed by atoms with Crippen molar-refractivity contribution >= 4 is 34.8 Å². The Bertz CT molecular complexity index is 673. The average Bonchev–Trinajstić information content (AvgIpc) is 2.91. The van der Waals surface area contributed by atoms with Crippen LogP contribution in [0, 0.1) is 0 Å². The maximum atomic E-state index is 11.8. The highest BCUT2D eigenvalue weighted by molar-refractivity contribution is 8.00. The number of aromatic nitrogens is 4. The summed E-state index contributed by atoms with van der Waals surface area (Å²) in [5.41, 5.74) is 1.25. The summed E-state index contributed by atoms with van der Waals surface area (Å²) in [6.45, 7) is 1.73. The molecule has 3 rings (SSSR count). The number of aromatic amines is 1. The molecule has 2 N–H and O–H groups in total. The van der Waals surface area contributed by atoms with E-state index in [1.807, 2.05) is 0 Å². The number of H-pyrrole nitrogens is 1. The SMILES string of the molecule is C[C@H]1OC(=O)[C@H]1NC(=O)CSc1ncnc2nc[nH]c12. The van der Waals surface area contributed by atoms with Gasteiger partial charge in [0.15, 0.2) is 11.7 Å². The normalized spacial score (nSPS) is 21.4. The maximum absolute atomic E-state index is 11.8. The van der Waals surface area contributed by atoms with Gasteiger partial charge >= 0.3 is 5.97 Å². The number of esters is 1. The van der Waals surface area contributed by atoms with Gasteiger partial charge < -0.3 is 15.0 Å². The van der Waals surface area contributed by atoms with Gasteiger partial charge in [-0.3, -0.25) is 4.79 Å². The Labute approximate surface area is 117 Å². The lowest BCUT2D eigenvalue weighted by Gasteiger charge is -2.32. The zero-order valence-electron chi connectivity index (χ0n) is 10.5. The van der Waals surface area contributed by atoms with Crippen molar-refractivity contribution in [1.82, 2.24) is 25.3 Å². The third kappa shape index (κ3) is 2.31. The smallest absolute Gasteiger partial charge is 0.332 e. The maximum Gasteiger partial charge on any atom is 0.332 e. The molecule has 0 aromatic carbocycles. The molecule has 0 unspecified atom stereocenters. The molecule has 2 atom stereocenters. The number of fused-ring (bicyclic) bond motifs is 1. The number of hydrogen-bond acceptors (Lipinski definition) is 7. The van der Waals surface area contributed by atoms with Gasteiger partial charge in [0.05, 0.1) is 12.1 Å². The Balaban J connectivity index is 1.60. The molecule has 8 nitrogen and oxygen atoms in total. The minimum atomic E-state index is -0.541. The van der Waals surface area contributed by atoms with E-state index in [0.717, 1.165) is 0 Å². The lowest BCUT2D eigenvalue weighted by Crippen LogP contribution is -2.58. The topological polar surface area (TPSA) is 110 Å². The van der Waals surface area contributed by atoms with E-state index in [9.17, 15) is 9.59 Å². The van der Waals surface area contributed by atoms with E-state index in [1.165, 1.54) is 24.4 Å². The van der Waals surface area contributed by atoms with Gasteiger partial charge in [0, 0.05) is 0 Å². The number of imidazole rings is 1. The van der Waals surface area contributed by atoms with Crippen molar-refractivity contribution in [2.45, 2.75) is 24.1 Å².